The summed E-state index contributed by atoms with van der Waals surface area (Å²) in [5.74, 6) is -2.83. The zero-order valence-corrected chi connectivity index (χ0v) is 9.73. The molecule has 0 N–H and O–H groups in total. The minimum absolute atomic E-state index is 0.648. The van der Waals surface area contributed by atoms with Gasteiger partial charge in [-0.3, -0.25) is 0 Å². The minimum Gasteiger partial charge on any atom is -0.226 e. The molecule has 0 amide bonds. The van der Waals surface area contributed by atoms with E-state index in [9.17, 15) is 34.8 Å². The molecular formula is C9H6F6O3S. The smallest absolute Gasteiger partial charge is 0.226 e. The van der Waals surface area contributed by atoms with Crippen molar-refractivity contribution in [3.8, 4) is 0 Å². The van der Waals surface area contributed by atoms with Gasteiger partial charge in [0.2, 0.25) is 6.36 Å². The van der Waals surface area contributed by atoms with Gasteiger partial charge in [0.1, 0.15) is 0 Å². The van der Waals surface area contributed by atoms with Crippen LogP contribution in [0.1, 0.15) is 5.56 Å². The number of rotatable bonds is 4. The molecule has 0 aliphatic heterocycles. The highest BCUT2D eigenvalue weighted by Gasteiger charge is 2.48. The van der Waals surface area contributed by atoms with Crippen molar-refractivity contribution in [2.45, 2.75) is 18.3 Å². The predicted molar refractivity (Wildman–Crippen MR) is 51.0 cm³/mol. The van der Waals surface area contributed by atoms with Crippen LogP contribution < -0.4 is 0 Å². The molecule has 10 heteroatoms. The van der Waals surface area contributed by atoms with E-state index in [2.05, 4.69) is 4.18 Å². The topological polar surface area (TPSA) is 43.4 Å². The summed E-state index contributed by atoms with van der Waals surface area (Å²) in [6, 6.07) is 2.58. The van der Waals surface area contributed by atoms with Crippen molar-refractivity contribution in [2.24, 2.45) is 0 Å². The van der Waals surface area contributed by atoms with E-state index in [0.29, 0.717) is 6.07 Å². The van der Waals surface area contributed by atoms with Gasteiger partial charge in [0, 0.05) is 6.42 Å². The highest BCUT2D eigenvalue weighted by molar-refractivity contribution is 7.87. The molecule has 3 nitrogen and oxygen atoms in total. The van der Waals surface area contributed by atoms with Crippen LogP contribution in [0.15, 0.2) is 18.2 Å². The third-order valence-electron chi connectivity index (χ3n) is 1.93. The minimum atomic E-state index is -6.13. The summed E-state index contributed by atoms with van der Waals surface area (Å²) in [7, 11) is -6.13. The van der Waals surface area contributed by atoms with E-state index < -0.39 is 45.6 Å². The summed E-state index contributed by atoms with van der Waals surface area (Å²) in [5, 5.41) is 0. The molecule has 1 aromatic rings. The molecule has 0 aliphatic rings. The van der Waals surface area contributed by atoms with Crippen molar-refractivity contribution < 1.29 is 38.9 Å². The van der Waals surface area contributed by atoms with Crippen LogP contribution in [0.25, 0.3) is 0 Å². The second-order valence-corrected chi connectivity index (χ2v) is 4.89. The molecule has 1 rings (SSSR count). The Labute approximate surface area is 103 Å². The van der Waals surface area contributed by atoms with Crippen molar-refractivity contribution in [3.05, 3.63) is 35.4 Å². The second kappa shape index (κ2) is 5.37. The average molecular weight is 308 g/mol. The standard InChI is InChI=1S/C9H6F6O3S/c10-6-3-1-2-5(8(6)12)4-7(11)18-19(16,17)9(13,14)15/h1-3,7H,4H2. The van der Waals surface area contributed by atoms with Gasteiger partial charge in [0.05, 0.1) is 0 Å². The number of hydrogen-bond acceptors (Lipinski definition) is 3. The van der Waals surface area contributed by atoms with E-state index in [1.54, 1.807) is 0 Å². The molecule has 0 bridgehead atoms. The fourth-order valence-corrected chi connectivity index (χ4v) is 1.56. The molecular weight excluding hydrogens is 302 g/mol. The Kier molecular flexibility index (Phi) is 4.46. The van der Waals surface area contributed by atoms with Gasteiger partial charge in [0.15, 0.2) is 11.6 Å². The van der Waals surface area contributed by atoms with Crippen molar-refractivity contribution >= 4 is 10.1 Å². The largest absolute Gasteiger partial charge is 0.523 e. The van der Waals surface area contributed by atoms with E-state index in [-0.39, 0.29) is 0 Å². The molecule has 1 aromatic carbocycles. The highest BCUT2D eigenvalue weighted by atomic mass is 32.2. The lowest BCUT2D eigenvalue weighted by Gasteiger charge is -2.12. The van der Waals surface area contributed by atoms with Crippen LogP contribution in [0.3, 0.4) is 0 Å². The lowest BCUT2D eigenvalue weighted by molar-refractivity contribution is -0.0645. The van der Waals surface area contributed by atoms with Crippen LogP contribution in [0.5, 0.6) is 0 Å². The third-order valence-corrected chi connectivity index (χ3v) is 2.96. The van der Waals surface area contributed by atoms with E-state index in [1.165, 1.54) is 0 Å². The van der Waals surface area contributed by atoms with E-state index in [0.717, 1.165) is 12.1 Å². The third kappa shape index (κ3) is 3.83. The first-order valence-corrected chi connectivity index (χ1v) is 6.02. The number of alkyl halides is 4. The van der Waals surface area contributed by atoms with Crippen molar-refractivity contribution in [1.82, 2.24) is 0 Å². The summed E-state index contributed by atoms with van der Waals surface area (Å²) in [4.78, 5) is 0. The first kappa shape index (κ1) is 15.8. The Bertz CT molecular complexity index is 554. The Balaban J connectivity index is 2.82. The summed E-state index contributed by atoms with van der Waals surface area (Å²) in [6.07, 6.45) is -4.17. The fourth-order valence-electron chi connectivity index (χ4n) is 1.11. The molecule has 19 heavy (non-hydrogen) atoms. The molecule has 0 fully saturated rings. The molecule has 0 aliphatic carbocycles. The Morgan fingerprint density at radius 3 is 2.32 bits per heavy atom. The summed E-state index contributed by atoms with van der Waals surface area (Å²) in [5.41, 5.74) is -6.44. The molecule has 1 atom stereocenters. The van der Waals surface area contributed by atoms with Crippen LogP contribution in [-0.4, -0.2) is 20.3 Å². The zero-order chi connectivity index (χ0) is 14.8. The van der Waals surface area contributed by atoms with Gasteiger partial charge in [0.25, 0.3) is 0 Å². The van der Waals surface area contributed by atoms with Crippen molar-refractivity contribution in [3.63, 3.8) is 0 Å². The molecule has 0 aromatic heterocycles. The lowest BCUT2D eigenvalue weighted by atomic mass is 10.1. The number of benzene rings is 1. The molecule has 1 unspecified atom stereocenters. The summed E-state index contributed by atoms with van der Waals surface area (Å²) >= 11 is 0. The maximum Gasteiger partial charge on any atom is 0.523 e. The summed E-state index contributed by atoms with van der Waals surface area (Å²) in [6.45, 7) is 0. The van der Waals surface area contributed by atoms with Gasteiger partial charge in [-0.05, 0) is 11.6 Å². The molecule has 0 radical (unpaired) electrons. The van der Waals surface area contributed by atoms with Gasteiger partial charge in [-0.15, -0.1) is 0 Å². The Hall–Kier alpha value is -1.29. The number of halogens is 6. The second-order valence-electron chi connectivity index (χ2n) is 3.32. The fraction of sp³-hybridized carbons (Fsp3) is 0.333. The monoisotopic (exact) mass is 308 g/mol. The van der Waals surface area contributed by atoms with Gasteiger partial charge in [-0.2, -0.15) is 21.6 Å². The molecule has 0 saturated carbocycles. The average Bonchev–Trinajstić information content (AvgIpc) is 2.22. The van der Waals surface area contributed by atoms with Gasteiger partial charge < -0.3 is 0 Å². The quantitative estimate of drug-likeness (QED) is 0.488. The zero-order valence-electron chi connectivity index (χ0n) is 8.92. The first-order chi connectivity index (χ1) is 8.54. The van der Waals surface area contributed by atoms with Crippen molar-refractivity contribution in [1.29, 1.82) is 0 Å². The Morgan fingerprint density at radius 1 is 1.21 bits per heavy atom. The van der Waals surface area contributed by atoms with E-state index in [1.807, 2.05) is 0 Å². The van der Waals surface area contributed by atoms with Gasteiger partial charge >= 0.3 is 15.6 Å². The maximum atomic E-state index is 13.1. The molecule has 0 saturated heterocycles. The van der Waals surface area contributed by atoms with E-state index in [4.69, 9.17) is 0 Å². The van der Waals surface area contributed by atoms with Crippen LogP contribution in [0.2, 0.25) is 0 Å². The van der Waals surface area contributed by atoms with Crippen LogP contribution >= 0.6 is 0 Å². The lowest BCUT2D eigenvalue weighted by Crippen LogP contribution is -2.29. The maximum absolute atomic E-state index is 13.1. The summed E-state index contributed by atoms with van der Waals surface area (Å²) < 4.78 is 98.5. The molecule has 0 heterocycles. The van der Waals surface area contributed by atoms with Crippen molar-refractivity contribution in [2.75, 3.05) is 0 Å². The van der Waals surface area contributed by atoms with Crippen LogP contribution in [0, 0.1) is 11.6 Å². The molecule has 0 spiro atoms. The highest BCUT2D eigenvalue weighted by Crippen LogP contribution is 2.27. The normalized spacial score (nSPS) is 14.4. The van der Waals surface area contributed by atoms with Gasteiger partial charge in [-0.25, -0.2) is 17.4 Å². The molecule has 108 valence electrons. The first-order valence-electron chi connectivity index (χ1n) is 4.61. The number of hydrogen-bond donors (Lipinski definition) is 0. The van der Waals surface area contributed by atoms with E-state index >= 15 is 0 Å². The predicted octanol–water partition coefficient (Wildman–Crippen LogP) is 2.67. The SMILES string of the molecule is O=S(=O)(OC(F)Cc1cccc(F)c1F)C(F)(F)F. The van der Waals surface area contributed by atoms with Crippen LogP contribution in [0.4, 0.5) is 26.3 Å². The van der Waals surface area contributed by atoms with Crippen LogP contribution in [-0.2, 0) is 20.7 Å². The Morgan fingerprint density at radius 2 is 1.79 bits per heavy atom. The van der Waals surface area contributed by atoms with Gasteiger partial charge in [-0.1, -0.05) is 12.1 Å².